The molecule has 2 aliphatic rings. The lowest BCUT2D eigenvalue weighted by atomic mass is 10.0. The number of methoxy groups -OCH3 is 3. The highest BCUT2D eigenvalue weighted by molar-refractivity contribution is 5.85. The minimum absolute atomic E-state index is 0. The van der Waals surface area contributed by atoms with Gasteiger partial charge in [-0.3, -0.25) is 4.90 Å². The first-order valence-electron chi connectivity index (χ1n) is 10.7. The predicted octanol–water partition coefficient (Wildman–Crippen LogP) is 2.57. The van der Waals surface area contributed by atoms with Gasteiger partial charge in [0.05, 0.1) is 33.4 Å². The summed E-state index contributed by atoms with van der Waals surface area (Å²) >= 11 is 0. The molecular weight excluding hydrogens is 420 g/mol. The molecule has 2 fully saturated rings. The van der Waals surface area contributed by atoms with Crippen molar-refractivity contribution in [2.24, 2.45) is 0 Å². The largest absolute Gasteiger partial charge is 0.493 e. The number of nitrogens with zero attached hydrogens (tertiary/aromatic N) is 6. The number of hydrogen-bond acceptors (Lipinski definition) is 8. The third kappa shape index (κ3) is 4.73. The molecule has 0 radical (unpaired) electrons. The fourth-order valence-electron chi connectivity index (χ4n) is 4.65. The van der Waals surface area contributed by atoms with Crippen molar-refractivity contribution in [3.63, 3.8) is 0 Å². The summed E-state index contributed by atoms with van der Waals surface area (Å²) in [5, 5.41) is 13.0. The number of likely N-dealkylation sites (N-methyl/N-ethyl adjacent to an activating group) is 1. The number of aromatic nitrogens is 4. The van der Waals surface area contributed by atoms with Gasteiger partial charge in [-0.15, -0.1) is 17.5 Å². The minimum atomic E-state index is -0.0805. The molecule has 9 nitrogen and oxygen atoms in total. The Labute approximate surface area is 190 Å². The van der Waals surface area contributed by atoms with Gasteiger partial charge in [-0.25, -0.2) is 4.68 Å². The summed E-state index contributed by atoms with van der Waals surface area (Å²) < 4.78 is 18.8. The van der Waals surface area contributed by atoms with Crippen molar-refractivity contribution in [1.29, 1.82) is 0 Å². The molecule has 10 heteroatoms. The van der Waals surface area contributed by atoms with E-state index in [1.54, 1.807) is 21.3 Å². The van der Waals surface area contributed by atoms with Crippen molar-refractivity contribution in [2.45, 2.75) is 37.8 Å². The van der Waals surface area contributed by atoms with Crippen LogP contribution in [0.4, 0.5) is 0 Å². The molecule has 1 saturated heterocycles. The molecule has 1 aromatic carbocycles. The average molecular weight is 453 g/mol. The molecule has 4 rings (SSSR count). The van der Waals surface area contributed by atoms with Gasteiger partial charge in [0.2, 0.25) is 5.75 Å². The normalized spacial score (nSPS) is 19.1. The Morgan fingerprint density at radius 1 is 0.935 bits per heavy atom. The molecule has 2 aromatic rings. The van der Waals surface area contributed by atoms with Crippen LogP contribution in [0.5, 0.6) is 17.2 Å². The molecule has 1 aliphatic carbocycles. The van der Waals surface area contributed by atoms with Gasteiger partial charge in [-0.2, -0.15) is 0 Å². The minimum Gasteiger partial charge on any atom is -0.493 e. The second kappa shape index (κ2) is 10.5. The summed E-state index contributed by atoms with van der Waals surface area (Å²) in [5.74, 6) is 2.77. The lowest BCUT2D eigenvalue weighted by Gasteiger charge is -2.38. The second-order valence-electron chi connectivity index (χ2n) is 8.12. The monoisotopic (exact) mass is 452 g/mol. The summed E-state index contributed by atoms with van der Waals surface area (Å²) in [6, 6.07) is 4.34. The quantitative estimate of drug-likeness (QED) is 0.634. The van der Waals surface area contributed by atoms with E-state index in [0.717, 1.165) is 50.4 Å². The van der Waals surface area contributed by atoms with E-state index in [0.29, 0.717) is 23.3 Å². The summed E-state index contributed by atoms with van der Waals surface area (Å²) in [7, 11) is 7.08. The smallest absolute Gasteiger partial charge is 0.203 e. The topological polar surface area (TPSA) is 77.8 Å². The Kier molecular flexibility index (Phi) is 7.96. The van der Waals surface area contributed by atoms with Crippen molar-refractivity contribution in [2.75, 3.05) is 54.6 Å². The molecule has 172 valence electrons. The van der Waals surface area contributed by atoms with Crippen LogP contribution in [-0.4, -0.2) is 84.6 Å². The number of hydrogen-bond donors (Lipinski definition) is 0. The van der Waals surface area contributed by atoms with Gasteiger partial charge in [0.15, 0.2) is 17.3 Å². The van der Waals surface area contributed by atoms with Crippen molar-refractivity contribution >= 4 is 12.4 Å². The molecule has 0 spiro atoms. The van der Waals surface area contributed by atoms with Gasteiger partial charge in [0, 0.05) is 26.2 Å². The van der Waals surface area contributed by atoms with Gasteiger partial charge in [-0.05, 0) is 48.0 Å². The van der Waals surface area contributed by atoms with Crippen molar-refractivity contribution < 1.29 is 14.2 Å². The molecule has 1 saturated carbocycles. The molecule has 0 N–H and O–H groups in total. The van der Waals surface area contributed by atoms with Crippen LogP contribution in [0, 0.1) is 0 Å². The van der Waals surface area contributed by atoms with Crippen molar-refractivity contribution in [1.82, 2.24) is 30.0 Å². The molecule has 1 atom stereocenters. The van der Waals surface area contributed by atoms with Crippen LogP contribution in [0.25, 0.3) is 0 Å². The molecule has 0 amide bonds. The molecule has 31 heavy (non-hydrogen) atoms. The maximum Gasteiger partial charge on any atom is 0.203 e. The molecule has 1 aliphatic heterocycles. The summed E-state index contributed by atoms with van der Waals surface area (Å²) in [5.41, 5.74) is 1.04. The van der Waals surface area contributed by atoms with E-state index in [4.69, 9.17) is 14.2 Å². The fraction of sp³-hybridized carbons (Fsp3) is 0.667. The summed E-state index contributed by atoms with van der Waals surface area (Å²) in [6.45, 7) is 3.89. The Morgan fingerprint density at radius 2 is 1.55 bits per heavy atom. The maximum absolute atomic E-state index is 5.63. The number of piperazine rings is 1. The molecular formula is C21H33ClN6O3. The standard InChI is InChI=1S/C21H32N6O3.ClH/c1-25-9-11-26(12-10-25)19(21-22-23-24-27(21)16-7-5-6-8-16)15-13-17(28-2)20(30-4)18(14-15)29-3;/h13-14,16,19H,5-12H2,1-4H3;1H. The molecule has 2 heterocycles. The van der Waals surface area contributed by atoms with E-state index < -0.39 is 0 Å². The first kappa shape index (κ1) is 23.6. The number of halogens is 1. The van der Waals surface area contributed by atoms with Crippen molar-refractivity contribution in [3.8, 4) is 17.2 Å². The number of rotatable bonds is 7. The lowest BCUT2D eigenvalue weighted by molar-refractivity contribution is 0.120. The summed E-state index contributed by atoms with van der Waals surface area (Å²) in [6.07, 6.45) is 4.71. The Bertz CT molecular complexity index is 824. The van der Waals surface area contributed by atoms with Gasteiger partial charge in [0.25, 0.3) is 0 Å². The number of ether oxygens (including phenoxy) is 3. The van der Waals surface area contributed by atoms with Gasteiger partial charge >= 0.3 is 0 Å². The van der Waals surface area contributed by atoms with Crippen LogP contribution in [0.15, 0.2) is 12.1 Å². The average Bonchev–Trinajstić information content (AvgIpc) is 3.46. The molecule has 1 aromatic heterocycles. The molecule has 0 bridgehead atoms. The first-order valence-corrected chi connectivity index (χ1v) is 10.7. The fourth-order valence-corrected chi connectivity index (χ4v) is 4.65. The Balaban J connectivity index is 0.00000272. The van der Waals surface area contributed by atoms with Gasteiger partial charge in [-0.1, -0.05) is 12.8 Å². The van der Waals surface area contributed by atoms with Crippen LogP contribution >= 0.6 is 12.4 Å². The second-order valence-corrected chi connectivity index (χ2v) is 8.12. The Morgan fingerprint density at radius 3 is 2.10 bits per heavy atom. The lowest BCUT2D eigenvalue weighted by Crippen LogP contribution is -2.46. The number of tetrazole rings is 1. The zero-order valence-electron chi connectivity index (χ0n) is 18.8. The maximum atomic E-state index is 5.63. The zero-order chi connectivity index (χ0) is 21.1. The molecule has 1 unspecified atom stereocenters. The van der Waals surface area contributed by atoms with E-state index in [9.17, 15) is 0 Å². The third-order valence-corrected chi connectivity index (χ3v) is 6.34. The van der Waals surface area contributed by atoms with Crippen LogP contribution in [0.2, 0.25) is 0 Å². The van der Waals surface area contributed by atoms with Crippen LogP contribution in [0.3, 0.4) is 0 Å². The van der Waals surface area contributed by atoms with Gasteiger partial charge < -0.3 is 19.1 Å². The highest BCUT2D eigenvalue weighted by Crippen LogP contribution is 2.42. The SMILES string of the molecule is COc1cc(C(c2nnnn2C2CCCC2)N2CCN(C)CC2)cc(OC)c1OC.Cl. The van der Waals surface area contributed by atoms with Gasteiger partial charge in [0.1, 0.15) is 0 Å². The highest BCUT2D eigenvalue weighted by Gasteiger charge is 2.34. The predicted molar refractivity (Wildman–Crippen MR) is 120 cm³/mol. The van der Waals surface area contributed by atoms with Crippen LogP contribution in [0.1, 0.15) is 49.2 Å². The Hall–Kier alpha value is -2.10. The van der Waals surface area contributed by atoms with Crippen LogP contribution < -0.4 is 14.2 Å². The van der Waals surface area contributed by atoms with Crippen molar-refractivity contribution in [3.05, 3.63) is 23.5 Å². The van der Waals surface area contributed by atoms with E-state index >= 15 is 0 Å². The highest BCUT2D eigenvalue weighted by atomic mass is 35.5. The van der Waals surface area contributed by atoms with E-state index in [-0.39, 0.29) is 18.4 Å². The van der Waals surface area contributed by atoms with Crippen LogP contribution in [-0.2, 0) is 0 Å². The zero-order valence-corrected chi connectivity index (χ0v) is 19.6. The summed E-state index contributed by atoms with van der Waals surface area (Å²) in [4.78, 5) is 4.81. The third-order valence-electron chi connectivity index (χ3n) is 6.34. The van der Waals surface area contributed by atoms with E-state index in [2.05, 4.69) is 37.1 Å². The number of benzene rings is 1. The first-order chi connectivity index (χ1) is 14.7. The van der Waals surface area contributed by atoms with E-state index in [1.807, 2.05) is 12.1 Å². The van der Waals surface area contributed by atoms with E-state index in [1.165, 1.54) is 12.8 Å².